The van der Waals surface area contributed by atoms with E-state index in [0.29, 0.717) is 12.1 Å². The summed E-state index contributed by atoms with van der Waals surface area (Å²) in [6, 6.07) is 3.68. The summed E-state index contributed by atoms with van der Waals surface area (Å²) >= 11 is 0. The fourth-order valence-corrected chi connectivity index (χ4v) is 2.99. The van der Waals surface area contributed by atoms with Crippen LogP contribution in [-0.2, 0) is 9.59 Å². The van der Waals surface area contributed by atoms with E-state index in [1.54, 1.807) is 6.07 Å². The van der Waals surface area contributed by atoms with Crippen LogP contribution in [0, 0.1) is 17.0 Å². The van der Waals surface area contributed by atoms with Gasteiger partial charge >= 0.3 is 0 Å². The minimum atomic E-state index is -0.879. The van der Waals surface area contributed by atoms with Gasteiger partial charge in [0.05, 0.1) is 0 Å². The third-order valence-electron chi connectivity index (χ3n) is 4.52. The Labute approximate surface area is 165 Å². The fraction of sp³-hybridized carbons (Fsp3) is 0.579. The van der Waals surface area contributed by atoms with Crippen LogP contribution in [0.4, 0.5) is 8.78 Å². The normalized spacial score (nSPS) is 19.7. The van der Waals surface area contributed by atoms with E-state index in [9.17, 15) is 18.4 Å². The number of halogens is 3. The molecule has 27 heavy (non-hydrogen) atoms. The van der Waals surface area contributed by atoms with Crippen molar-refractivity contribution in [3.05, 3.63) is 35.4 Å². The zero-order valence-corrected chi connectivity index (χ0v) is 16.7. The van der Waals surface area contributed by atoms with Crippen LogP contribution >= 0.6 is 12.4 Å². The Morgan fingerprint density at radius 3 is 2.56 bits per heavy atom. The lowest BCUT2D eigenvalue weighted by atomic mass is 9.86. The molecule has 152 valence electrons. The predicted molar refractivity (Wildman–Crippen MR) is 103 cm³/mol. The quantitative estimate of drug-likeness (QED) is 0.707. The molecule has 0 aliphatic carbocycles. The van der Waals surface area contributed by atoms with Crippen LogP contribution < -0.4 is 16.0 Å². The van der Waals surface area contributed by atoms with Crippen molar-refractivity contribution in [2.45, 2.75) is 45.6 Å². The maximum absolute atomic E-state index is 13.5. The van der Waals surface area contributed by atoms with E-state index in [0.717, 1.165) is 19.0 Å². The first-order valence-corrected chi connectivity index (χ1v) is 8.92. The molecule has 2 unspecified atom stereocenters. The Morgan fingerprint density at radius 2 is 1.93 bits per heavy atom. The van der Waals surface area contributed by atoms with Gasteiger partial charge in [0.15, 0.2) is 11.6 Å². The summed E-state index contributed by atoms with van der Waals surface area (Å²) < 4.78 is 26.7. The molecule has 2 atom stereocenters. The molecule has 0 saturated carbocycles. The summed E-state index contributed by atoms with van der Waals surface area (Å²) in [6.07, 6.45) is 0.888. The lowest BCUT2D eigenvalue weighted by Crippen LogP contribution is -2.50. The first-order valence-electron chi connectivity index (χ1n) is 8.92. The average Bonchev–Trinajstić information content (AvgIpc) is 2.57. The van der Waals surface area contributed by atoms with Crippen molar-refractivity contribution in [2.75, 3.05) is 19.6 Å². The van der Waals surface area contributed by atoms with E-state index < -0.39 is 17.0 Å². The molecule has 0 bridgehead atoms. The topological polar surface area (TPSA) is 70.2 Å². The van der Waals surface area contributed by atoms with Crippen molar-refractivity contribution in [2.24, 2.45) is 5.41 Å². The van der Waals surface area contributed by atoms with Crippen LogP contribution in [0.5, 0.6) is 0 Å². The molecule has 5 nitrogen and oxygen atoms in total. The molecule has 2 rings (SSSR count). The molecule has 3 N–H and O–H groups in total. The molecule has 1 aliphatic rings. The highest BCUT2D eigenvalue weighted by Crippen LogP contribution is 2.27. The second-order valence-corrected chi connectivity index (χ2v) is 7.70. The minimum absolute atomic E-state index is 0. The van der Waals surface area contributed by atoms with Crippen LogP contribution in [0.25, 0.3) is 0 Å². The molecular weight excluding hydrogens is 376 g/mol. The van der Waals surface area contributed by atoms with Gasteiger partial charge in [-0.05, 0) is 30.7 Å². The summed E-state index contributed by atoms with van der Waals surface area (Å²) in [4.78, 5) is 24.0. The zero-order chi connectivity index (χ0) is 19.3. The van der Waals surface area contributed by atoms with Gasteiger partial charge in [0.25, 0.3) is 0 Å². The van der Waals surface area contributed by atoms with Crippen LogP contribution in [0.3, 0.4) is 0 Å². The molecule has 0 aromatic heterocycles. The average molecular weight is 404 g/mol. The summed E-state index contributed by atoms with van der Waals surface area (Å²) in [5.74, 6) is -2.13. The van der Waals surface area contributed by atoms with Crippen molar-refractivity contribution >= 4 is 24.2 Å². The van der Waals surface area contributed by atoms with E-state index in [-0.39, 0.29) is 49.1 Å². The molecule has 1 saturated heterocycles. The number of nitrogens with one attached hydrogen (secondary N) is 3. The van der Waals surface area contributed by atoms with Crippen LogP contribution in [0.2, 0.25) is 0 Å². The Kier molecular flexibility index (Phi) is 8.62. The molecule has 1 aliphatic heterocycles. The van der Waals surface area contributed by atoms with E-state index in [1.807, 2.05) is 20.8 Å². The second kappa shape index (κ2) is 9.99. The van der Waals surface area contributed by atoms with Crippen molar-refractivity contribution in [3.8, 4) is 0 Å². The van der Waals surface area contributed by atoms with Crippen molar-refractivity contribution in [1.82, 2.24) is 16.0 Å². The van der Waals surface area contributed by atoms with Gasteiger partial charge in [-0.3, -0.25) is 9.59 Å². The Bertz CT molecular complexity index is 665. The minimum Gasteiger partial charge on any atom is -0.355 e. The Hall–Kier alpha value is -1.73. The number of piperidine rings is 1. The lowest BCUT2D eigenvalue weighted by molar-refractivity contribution is -0.128. The van der Waals surface area contributed by atoms with Gasteiger partial charge in [0.1, 0.15) is 0 Å². The van der Waals surface area contributed by atoms with Crippen molar-refractivity contribution in [3.63, 3.8) is 0 Å². The molecule has 1 fully saturated rings. The lowest BCUT2D eigenvalue weighted by Gasteiger charge is -2.33. The maximum Gasteiger partial charge on any atom is 0.225 e. The van der Waals surface area contributed by atoms with Gasteiger partial charge in [-0.25, -0.2) is 8.78 Å². The Morgan fingerprint density at radius 1 is 1.22 bits per heavy atom. The molecular formula is C19H28ClF2N3O2. The smallest absolute Gasteiger partial charge is 0.225 e. The van der Waals surface area contributed by atoms with E-state index >= 15 is 0 Å². The third kappa shape index (κ3) is 6.74. The number of hydrogen-bond acceptors (Lipinski definition) is 3. The predicted octanol–water partition coefficient (Wildman–Crippen LogP) is 2.50. The van der Waals surface area contributed by atoms with Crippen LogP contribution in [0.1, 0.15) is 45.1 Å². The van der Waals surface area contributed by atoms with E-state index in [2.05, 4.69) is 16.0 Å². The SMILES string of the molecule is CC(C)(C)C(=O)NCCC(=O)NC1CNCCC1c1ccc(F)c(F)c1.Cl. The summed E-state index contributed by atoms with van der Waals surface area (Å²) in [5.41, 5.74) is 0.179. The molecule has 8 heteroatoms. The van der Waals surface area contributed by atoms with Crippen molar-refractivity contribution in [1.29, 1.82) is 0 Å². The molecule has 2 amide bonds. The van der Waals surface area contributed by atoms with Gasteiger partial charge in [-0.15, -0.1) is 12.4 Å². The first kappa shape index (κ1) is 23.3. The highest BCUT2D eigenvalue weighted by atomic mass is 35.5. The molecule has 1 heterocycles. The zero-order valence-electron chi connectivity index (χ0n) is 15.9. The Balaban J connectivity index is 0.00000364. The third-order valence-corrected chi connectivity index (χ3v) is 4.52. The second-order valence-electron chi connectivity index (χ2n) is 7.70. The molecule has 1 aromatic rings. The van der Waals surface area contributed by atoms with Crippen LogP contribution in [-0.4, -0.2) is 37.5 Å². The van der Waals surface area contributed by atoms with Crippen LogP contribution in [0.15, 0.2) is 18.2 Å². The van der Waals surface area contributed by atoms with E-state index in [1.165, 1.54) is 6.07 Å². The highest BCUT2D eigenvalue weighted by molar-refractivity contribution is 5.85. The van der Waals surface area contributed by atoms with Gasteiger partial charge in [0.2, 0.25) is 11.8 Å². The number of carbonyl (C=O) groups excluding carboxylic acids is 2. The molecule has 0 radical (unpaired) electrons. The first-order chi connectivity index (χ1) is 12.2. The summed E-state index contributed by atoms with van der Waals surface area (Å²) in [5, 5.41) is 8.89. The van der Waals surface area contributed by atoms with Crippen molar-refractivity contribution < 1.29 is 18.4 Å². The van der Waals surface area contributed by atoms with Gasteiger partial charge in [-0.1, -0.05) is 26.8 Å². The highest BCUT2D eigenvalue weighted by Gasteiger charge is 2.28. The maximum atomic E-state index is 13.5. The largest absolute Gasteiger partial charge is 0.355 e. The number of carbonyl (C=O) groups is 2. The van der Waals surface area contributed by atoms with Gasteiger partial charge in [0, 0.05) is 36.9 Å². The van der Waals surface area contributed by atoms with Gasteiger partial charge < -0.3 is 16.0 Å². The number of hydrogen-bond donors (Lipinski definition) is 3. The summed E-state index contributed by atoms with van der Waals surface area (Å²) in [6.45, 7) is 6.99. The monoisotopic (exact) mass is 403 g/mol. The number of rotatable bonds is 5. The fourth-order valence-electron chi connectivity index (χ4n) is 2.99. The molecule has 0 spiro atoms. The standard InChI is InChI=1S/C19H27F2N3O2.ClH/c1-19(2,3)18(26)23-9-7-17(25)24-16-11-22-8-6-13(16)12-4-5-14(20)15(21)10-12;/h4-5,10,13,16,22H,6-9,11H2,1-3H3,(H,23,26)(H,24,25);1H. The number of amides is 2. The van der Waals surface area contributed by atoms with Gasteiger partial charge in [-0.2, -0.15) is 0 Å². The van der Waals surface area contributed by atoms with E-state index in [4.69, 9.17) is 0 Å². The summed E-state index contributed by atoms with van der Waals surface area (Å²) in [7, 11) is 0. The molecule has 1 aromatic carbocycles. The number of benzene rings is 1.